The van der Waals surface area contributed by atoms with Gasteiger partial charge in [-0.2, -0.15) is 0 Å². The third-order valence-electron chi connectivity index (χ3n) is 6.82. The van der Waals surface area contributed by atoms with Crippen LogP contribution < -0.4 is 9.62 Å². The number of rotatable bonds is 6. The second kappa shape index (κ2) is 9.62. The van der Waals surface area contributed by atoms with E-state index in [9.17, 15) is 8.42 Å². The number of hydrogen-bond acceptors (Lipinski definition) is 7. The molecule has 1 aliphatic rings. The van der Waals surface area contributed by atoms with E-state index >= 15 is 0 Å². The molecule has 1 atom stereocenters. The van der Waals surface area contributed by atoms with Crippen LogP contribution in [0.4, 0.5) is 17.1 Å². The van der Waals surface area contributed by atoms with Crippen molar-refractivity contribution in [1.82, 2.24) is 24.1 Å². The zero-order chi connectivity index (χ0) is 26.5. The lowest BCUT2D eigenvalue weighted by Crippen LogP contribution is -2.25. The molecule has 1 saturated heterocycles. The summed E-state index contributed by atoms with van der Waals surface area (Å²) in [6, 6.07) is 7.25. The van der Waals surface area contributed by atoms with Crippen LogP contribution in [0.2, 0.25) is 5.15 Å². The highest BCUT2D eigenvalue weighted by molar-refractivity contribution is 7.92. The molecule has 0 bridgehead atoms. The van der Waals surface area contributed by atoms with Gasteiger partial charge in [0.05, 0.1) is 23.3 Å². The number of benzene rings is 1. The minimum atomic E-state index is -3.55. The fraction of sp³-hybridized carbons (Fsp3) is 0.400. The number of pyridine rings is 1. The number of fused-ring (bicyclic) bond motifs is 1. The van der Waals surface area contributed by atoms with Crippen LogP contribution in [-0.2, 0) is 21.8 Å². The van der Waals surface area contributed by atoms with Crippen LogP contribution in [0.3, 0.4) is 0 Å². The van der Waals surface area contributed by atoms with Gasteiger partial charge in [0.2, 0.25) is 10.0 Å². The average molecular weight is 544 g/mol. The molecule has 1 aromatic carbocycles. The Morgan fingerprint density at radius 1 is 1.16 bits per heavy atom. The monoisotopic (exact) mass is 543 g/mol. The Labute approximate surface area is 221 Å². The van der Waals surface area contributed by atoms with Crippen molar-refractivity contribution in [3.63, 3.8) is 0 Å². The molecule has 1 unspecified atom stereocenters. The van der Waals surface area contributed by atoms with Crippen molar-refractivity contribution in [3.05, 3.63) is 47.1 Å². The molecule has 0 aliphatic carbocycles. The van der Waals surface area contributed by atoms with Crippen LogP contribution in [0.5, 0.6) is 0 Å². The number of sulfonamides is 1. The van der Waals surface area contributed by atoms with Gasteiger partial charge in [0.15, 0.2) is 5.65 Å². The first-order valence-corrected chi connectivity index (χ1v) is 14.3. The van der Waals surface area contributed by atoms with E-state index in [1.165, 1.54) is 17.6 Å². The lowest BCUT2D eigenvalue weighted by Gasteiger charge is -2.25. The lowest BCUT2D eigenvalue weighted by atomic mass is 10.1. The average Bonchev–Trinajstić information content (AvgIpc) is 3.37. The van der Waals surface area contributed by atoms with Gasteiger partial charge in [0, 0.05) is 44.2 Å². The normalized spacial score (nSPS) is 16.3. The molecule has 5 rings (SSSR count). The summed E-state index contributed by atoms with van der Waals surface area (Å²) in [7, 11) is -0.101. The topological polar surface area (TPSA) is 107 Å². The predicted octanol–water partition coefficient (Wildman–Crippen LogP) is 4.94. The van der Waals surface area contributed by atoms with E-state index in [1.807, 2.05) is 48.2 Å². The Bertz CT molecular complexity index is 1590. The quantitative estimate of drug-likeness (QED) is 0.343. The lowest BCUT2D eigenvalue weighted by molar-refractivity contribution is -0.0309. The molecule has 3 aromatic heterocycles. The summed E-state index contributed by atoms with van der Waals surface area (Å²) in [5, 5.41) is 3.67. The van der Waals surface area contributed by atoms with E-state index < -0.39 is 10.0 Å². The van der Waals surface area contributed by atoms with Gasteiger partial charge in [-0.1, -0.05) is 11.6 Å². The van der Waals surface area contributed by atoms with E-state index in [2.05, 4.69) is 15.3 Å². The van der Waals surface area contributed by atoms with Crippen molar-refractivity contribution < 1.29 is 13.2 Å². The zero-order valence-electron chi connectivity index (χ0n) is 21.5. The van der Waals surface area contributed by atoms with Crippen LogP contribution in [0.25, 0.3) is 22.6 Å². The van der Waals surface area contributed by atoms with Crippen LogP contribution in [-0.4, -0.2) is 52.4 Å². The predicted molar refractivity (Wildman–Crippen MR) is 146 cm³/mol. The molecule has 1 aliphatic heterocycles. The van der Waals surface area contributed by atoms with Crippen molar-refractivity contribution in [2.24, 2.45) is 7.05 Å². The number of nitrogens with zero attached hydrogens (tertiary/aromatic N) is 6. The van der Waals surface area contributed by atoms with Gasteiger partial charge in [-0.15, -0.1) is 0 Å². The second-order valence-corrected chi connectivity index (χ2v) is 11.8. The standard InChI is InChI=1S/C25H30ClN7O3S/c1-15-14-27-24(31(15)3)17-9-10-18(20(12-17)32(4)37(5,34)35)29-19-13-21(26)30-25-23(19)28-16(2)33(25)22-8-6-7-11-36-22/h9-10,12-14,22H,6-8,11H2,1-5H3,(H,29,30). The number of hydrogen-bond donors (Lipinski definition) is 1. The molecule has 0 saturated carbocycles. The smallest absolute Gasteiger partial charge is 0.232 e. The van der Waals surface area contributed by atoms with Gasteiger partial charge >= 0.3 is 0 Å². The minimum Gasteiger partial charge on any atom is -0.358 e. The first-order chi connectivity index (χ1) is 17.5. The number of ether oxygens (including phenoxy) is 1. The van der Waals surface area contributed by atoms with Crippen molar-refractivity contribution in [2.45, 2.75) is 39.3 Å². The molecule has 1 N–H and O–H groups in total. The van der Waals surface area contributed by atoms with E-state index in [0.29, 0.717) is 40.0 Å². The van der Waals surface area contributed by atoms with Gasteiger partial charge in [-0.05, 0) is 51.3 Å². The van der Waals surface area contributed by atoms with Crippen LogP contribution in [0, 0.1) is 13.8 Å². The summed E-state index contributed by atoms with van der Waals surface area (Å²) >= 11 is 6.46. The Balaban J connectivity index is 1.62. The molecule has 4 heterocycles. The molecule has 0 spiro atoms. The van der Waals surface area contributed by atoms with E-state index in [1.54, 1.807) is 12.3 Å². The first kappa shape index (κ1) is 25.5. The molecule has 12 heteroatoms. The molecule has 10 nitrogen and oxygen atoms in total. The summed E-state index contributed by atoms with van der Waals surface area (Å²) < 4.78 is 36.3. The van der Waals surface area contributed by atoms with Crippen molar-refractivity contribution in [3.8, 4) is 11.4 Å². The van der Waals surface area contributed by atoms with Crippen molar-refractivity contribution in [2.75, 3.05) is 29.5 Å². The van der Waals surface area contributed by atoms with Crippen molar-refractivity contribution in [1.29, 1.82) is 0 Å². The number of aryl methyl sites for hydroxylation is 2. The summed E-state index contributed by atoms with van der Waals surface area (Å²) in [5.74, 6) is 1.51. The number of imidazole rings is 2. The minimum absolute atomic E-state index is 0.148. The SMILES string of the molecule is Cc1cnc(-c2ccc(Nc3cc(Cl)nc4c3nc(C)n4C3CCCCO3)c(N(C)S(C)(=O)=O)c2)n1C. The van der Waals surface area contributed by atoms with Gasteiger partial charge in [0.1, 0.15) is 28.5 Å². The van der Waals surface area contributed by atoms with Gasteiger partial charge in [-0.3, -0.25) is 8.87 Å². The summed E-state index contributed by atoms with van der Waals surface area (Å²) in [6.45, 7) is 4.58. The molecule has 4 aromatic rings. The third kappa shape index (κ3) is 4.78. The summed E-state index contributed by atoms with van der Waals surface area (Å²) in [4.78, 5) is 13.8. The van der Waals surface area contributed by atoms with Gasteiger partial charge in [-0.25, -0.2) is 23.4 Å². The maximum Gasteiger partial charge on any atom is 0.232 e. The first-order valence-electron chi connectivity index (χ1n) is 12.0. The molecular formula is C25H30ClN7O3S. The summed E-state index contributed by atoms with van der Waals surface area (Å²) in [5.41, 5.74) is 4.71. The third-order valence-corrected chi connectivity index (χ3v) is 8.20. The highest BCUT2D eigenvalue weighted by atomic mass is 35.5. The highest BCUT2D eigenvalue weighted by Crippen LogP contribution is 2.37. The fourth-order valence-corrected chi connectivity index (χ4v) is 5.33. The number of halogens is 1. The Morgan fingerprint density at radius 3 is 2.59 bits per heavy atom. The highest BCUT2D eigenvalue weighted by Gasteiger charge is 2.24. The Hall–Kier alpha value is -3.15. The van der Waals surface area contributed by atoms with E-state index in [-0.39, 0.29) is 6.23 Å². The molecular weight excluding hydrogens is 514 g/mol. The Morgan fingerprint density at radius 2 is 1.95 bits per heavy atom. The van der Waals surface area contributed by atoms with Gasteiger partial charge < -0.3 is 14.6 Å². The van der Waals surface area contributed by atoms with E-state index in [0.717, 1.165) is 42.2 Å². The van der Waals surface area contributed by atoms with Crippen LogP contribution in [0.1, 0.15) is 37.0 Å². The molecule has 37 heavy (non-hydrogen) atoms. The molecule has 196 valence electrons. The van der Waals surface area contributed by atoms with Gasteiger partial charge in [0.25, 0.3) is 0 Å². The maximum absolute atomic E-state index is 12.6. The zero-order valence-corrected chi connectivity index (χ0v) is 23.1. The van der Waals surface area contributed by atoms with Crippen LogP contribution >= 0.6 is 11.6 Å². The second-order valence-electron chi connectivity index (χ2n) is 9.38. The summed E-state index contributed by atoms with van der Waals surface area (Å²) in [6.07, 6.45) is 5.79. The Kier molecular flexibility index (Phi) is 6.63. The largest absolute Gasteiger partial charge is 0.358 e. The molecule has 0 amide bonds. The number of aromatic nitrogens is 5. The number of nitrogens with one attached hydrogen (secondary N) is 1. The maximum atomic E-state index is 12.6. The van der Waals surface area contributed by atoms with Crippen LogP contribution in [0.15, 0.2) is 30.5 Å². The molecule has 1 fully saturated rings. The molecule has 0 radical (unpaired) electrons. The number of anilines is 3. The van der Waals surface area contributed by atoms with Crippen molar-refractivity contribution >= 4 is 49.9 Å². The fourth-order valence-electron chi connectivity index (χ4n) is 4.63. The van der Waals surface area contributed by atoms with E-state index in [4.69, 9.17) is 21.3 Å².